The number of alkyl halides is 1. The first-order valence-electron chi connectivity index (χ1n) is 5.14. The topological polar surface area (TPSA) is 20.3 Å². The van der Waals surface area contributed by atoms with Gasteiger partial charge in [-0.3, -0.25) is 4.79 Å². The predicted octanol–water partition coefficient (Wildman–Crippen LogP) is 3.32. The molecule has 0 atom stereocenters. The van der Waals surface area contributed by atoms with Gasteiger partial charge in [0.05, 0.1) is 0 Å². The molecule has 1 rings (SSSR count). The van der Waals surface area contributed by atoms with Crippen LogP contribution in [0.15, 0.2) is 24.3 Å². The van der Waals surface area contributed by atoms with Crippen LogP contribution in [-0.4, -0.2) is 22.7 Å². The van der Waals surface area contributed by atoms with Crippen LogP contribution in [0, 0.1) is 0 Å². The number of hydrogen-bond donors (Lipinski definition) is 0. The summed E-state index contributed by atoms with van der Waals surface area (Å²) in [7, 11) is 0. The zero-order valence-electron chi connectivity index (χ0n) is 9.41. The van der Waals surface area contributed by atoms with Crippen molar-refractivity contribution >= 4 is 29.1 Å². The minimum Gasteiger partial charge on any atom is -0.335 e. The highest BCUT2D eigenvalue weighted by molar-refractivity contribution is 6.30. The summed E-state index contributed by atoms with van der Waals surface area (Å²) in [5, 5.41) is 0.698. The van der Waals surface area contributed by atoms with E-state index in [1.165, 1.54) is 0 Å². The summed E-state index contributed by atoms with van der Waals surface area (Å²) in [5.74, 6) is -0.0298. The smallest absolute Gasteiger partial charge is 0.238 e. The number of hydrogen-bond acceptors (Lipinski definition) is 1. The Bertz CT molecular complexity index is 349. The molecule has 1 aromatic carbocycles. The third kappa shape index (κ3) is 3.69. The average molecular weight is 260 g/mol. The van der Waals surface area contributed by atoms with E-state index in [-0.39, 0.29) is 17.8 Å². The van der Waals surface area contributed by atoms with Crippen LogP contribution < -0.4 is 0 Å². The van der Waals surface area contributed by atoms with Crippen LogP contribution in [-0.2, 0) is 11.3 Å². The summed E-state index contributed by atoms with van der Waals surface area (Å²) in [5.41, 5.74) is 1.05. The number of nitrogens with zero attached hydrogens (tertiary/aromatic N) is 1. The van der Waals surface area contributed by atoms with E-state index in [0.717, 1.165) is 5.56 Å². The van der Waals surface area contributed by atoms with Gasteiger partial charge in [-0.1, -0.05) is 23.7 Å². The van der Waals surface area contributed by atoms with E-state index in [9.17, 15) is 4.79 Å². The maximum atomic E-state index is 11.6. The third-order valence-electron chi connectivity index (χ3n) is 2.32. The molecule has 0 aromatic heterocycles. The average Bonchev–Trinajstić information content (AvgIpc) is 2.27. The molecule has 0 aliphatic carbocycles. The lowest BCUT2D eigenvalue weighted by Crippen LogP contribution is -2.37. The Labute approximate surface area is 106 Å². The van der Waals surface area contributed by atoms with E-state index in [4.69, 9.17) is 23.2 Å². The Balaban J connectivity index is 2.75. The Kier molecular flexibility index (Phi) is 5.10. The fourth-order valence-electron chi connectivity index (χ4n) is 1.42. The molecule has 1 amide bonds. The maximum Gasteiger partial charge on any atom is 0.238 e. The van der Waals surface area contributed by atoms with Crippen molar-refractivity contribution in [3.63, 3.8) is 0 Å². The maximum absolute atomic E-state index is 11.6. The quantitative estimate of drug-likeness (QED) is 0.760. The van der Waals surface area contributed by atoms with Gasteiger partial charge in [-0.15, -0.1) is 11.6 Å². The van der Waals surface area contributed by atoms with Crippen LogP contribution in [0.25, 0.3) is 0 Å². The first-order chi connectivity index (χ1) is 7.54. The Morgan fingerprint density at radius 1 is 1.31 bits per heavy atom. The first kappa shape index (κ1) is 13.3. The number of benzene rings is 1. The van der Waals surface area contributed by atoms with E-state index in [2.05, 4.69) is 0 Å². The van der Waals surface area contributed by atoms with E-state index < -0.39 is 0 Å². The van der Waals surface area contributed by atoms with Gasteiger partial charge < -0.3 is 4.90 Å². The molecule has 0 bridgehead atoms. The highest BCUT2D eigenvalue weighted by atomic mass is 35.5. The molecule has 1 aromatic rings. The normalized spacial score (nSPS) is 10.6. The van der Waals surface area contributed by atoms with Gasteiger partial charge in [-0.05, 0) is 31.5 Å². The van der Waals surface area contributed by atoms with Crippen LogP contribution in [0.2, 0.25) is 5.02 Å². The highest BCUT2D eigenvalue weighted by Crippen LogP contribution is 2.13. The molecule has 88 valence electrons. The predicted molar refractivity (Wildman–Crippen MR) is 67.9 cm³/mol. The van der Waals surface area contributed by atoms with Gasteiger partial charge in [0.1, 0.15) is 5.88 Å². The zero-order valence-corrected chi connectivity index (χ0v) is 10.9. The van der Waals surface area contributed by atoms with Crippen LogP contribution in [0.3, 0.4) is 0 Å². The Morgan fingerprint density at radius 3 is 2.31 bits per heavy atom. The van der Waals surface area contributed by atoms with Crippen LogP contribution in [0.4, 0.5) is 0 Å². The SMILES string of the molecule is CC(C)N(Cc1ccc(Cl)cc1)C(=O)CCl. The lowest BCUT2D eigenvalue weighted by atomic mass is 10.2. The number of carbonyl (C=O) groups is 1. The lowest BCUT2D eigenvalue weighted by molar-refractivity contribution is -0.130. The van der Waals surface area contributed by atoms with Crippen molar-refractivity contribution in [2.45, 2.75) is 26.4 Å². The minimum atomic E-state index is -0.0494. The molecular weight excluding hydrogens is 245 g/mol. The fourth-order valence-corrected chi connectivity index (χ4v) is 1.70. The largest absolute Gasteiger partial charge is 0.335 e. The molecule has 0 heterocycles. The molecule has 16 heavy (non-hydrogen) atoms. The number of amides is 1. The summed E-state index contributed by atoms with van der Waals surface area (Å²) in [6, 6.07) is 7.61. The minimum absolute atomic E-state index is 0.0196. The van der Waals surface area contributed by atoms with Gasteiger partial charge >= 0.3 is 0 Å². The molecule has 0 saturated heterocycles. The van der Waals surface area contributed by atoms with Crippen LogP contribution >= 0.6 is 23.2 Å². The zero-order chi connectivity index (χ0) is 12.1. The van der Waals surface area contributed by atoms with E-state index >= 15 is 0 Å². The lowest BCUT2D eigenvalue weighted by Gasteiger charge is -2.26. The highest BCUT2D eigenvalue weighted by Gasteiger charge is 2.15. The van der Waals surface area contributed by atoms with E-state index in [1.807, 2.05) is 38.1 Å². The van der Waals surface area contributed by atoms with E-state index in [1.54, 1.807) is 4.90 Å². The second-order valence-corrected chi connectivity index (χ2v) is 4.58. The Morgan fingerprint density at radius 2 is 1.88 bits per heavy atom. The van der Waals surface area contributed by atoms with Gasteiger partial charge in [-0.2, -0.15) is 0 Å². The molecule has 0 N–H and O–H groups in total. The molecule has 0 fully saturated rings. The molecule has 0 aliphatic heterocycles. The molecule has 0 spiro atoms. The van der Waals surface area contributed by atoms with Gasteiger partial charge in [0.2, 0.25) is 5.91 Å². The van der Waals surface area contributed by atoms with Gasteiger partial charge in [0.25, 0.3) is 0 Å². The van der Waals surface area contributed by atoms with Gasteiger partial charge in [0.15, 0.2) is 0 Å². The third-order valence-corrected chi connectivity index (χ3v) is 2.80. The summed E-state index contributed by atoms with van der Waals surface area (Å²) >= 11 is 11.4. The van der Waals surface area contributed by atoms with Crippen molar-refractivity contribution in [3.05, 3.63) is 34.9 Å². The van der Waals surface area contributed by atoms with Crippen molar-refractivity contribution < 1.29 is 4.79 Å². The second-order valence-electron chi connectivity index (χ2n) is 3.88. The molecule has 4 heteroatoms. The Hall–Kier alpha value is -0.730. The number of carbonyl (C=O) groups excluding carboxylic acids is 1. The standard InChI is InChI=1S/C12H15Cl2NO/c1-9(2)15(12(16)7-13)8-10-3-5-11(14)6-4-10/h3-6,9H,7-8H2,1-2H3. The molecule has 0 unspecified atom stereocenters. The van der Waals surface area contributed by atoms with Crippen molar-refractivity contribution in [1.29, 1.82) is 0 Å². The summed E-state index contributed by atoms with van der Waals surface area (Å²) < 4.78 is 0. The van der Waals surface area contributed by atoms with Crippen molar-refractivity contribution in [2.24, 2.45) is 0 Å². The summed E-state index contributed by atoms with van der Waals surface area (Å²) in [6.07, 6.45) is 0. The fraction of sp³-hybridized carbons (Fsp3) is 0.417. The van der Waals surface area contributed by atoms with Crippen molar-refractivity contribution in [1.82, 2.24) is 4.90 Å². The molecular formula is C12H15Cl2NO. The van der Waals surface area contributed by atoms with E-state index in [0.29, 0.717) is 11.6 Å². The van der Waals surface area contributed by atoms with Crippen LogP contribution in [0.5, 0.6) is 0 Å². The van der Waals surface area contributed by atoms with Crippen molar-refractivity contribution in [3.8, 4) is 0 Å². The van der Waals surface area contributed by atoms with Crippen molar-refractivity contribution in [2.75, 3.05) is 5.88 Å². The van der Waals surface area contributed by atoms with Crippen LogP contribution in [0.1, 0.15) is 19.4 Å². The molecule has 0 radical (unpaired) electrons. The molecule has 0 aliphatic rings. The second kappa shape index (κ2) is 6.12. The number of halogens is 2. The molecule has 0 saturated carbocycles. The monoisotopic (exact) mass is 259 g/mol. The van der Waals surface area contributed by atoms with Gasteiger partial charge in [-0.25, -0.2) is 0 Å². The molecule has 2 nitrogen and oxygen atoms in total. The first-order valence-corrected chi connectivity index (χ1v) is 6.05. The summed E-state index contributed by atoms with van der Waals surface area (Å²) in [4.78, 5) is 13.3. The van der Waals surface area contributed by atoms with Gasteiger partial charge in [0, 0.05) is 17.6 Å². The summed E-state index contributed by atoms with van der Waals surface area (Å²) in [6.45, 7) is 4.52. The number of rotatable bonds is 4.